The summed E-state index contributed by atoms with van der Waals surface area (Å²) in [5.74, 6) is -1.41. The Morgan fingerprint density at radius 2 is 2.14 bits per heavy atom. The molecule has 0 bridgehead atoms. The number of nitrogens with one attached hydrogen (secondary N) is 1. The third-order valence-corrected chi connectivity index (χ3v) is 5.40. The summed E-state index contributed by atoms with van der Waals surface area (Å²) in [6.07, 6.45) is 2.90. The average Bonchev–Trinajstić information content (AvgIpc) is 3.19. The first-order chi connectivity index (χ1) is 13.8. The minimum absolute atomic E-state index is 0.141. The summed E-state index contributed by atoms with van der Waals surface area (Å²) in [7, 11) is 1.64. The van der Waals surface area contributed by atoms with E-state index in [-0.39, 0.29) is 23.2 Å². The quantitative estimate of drug-likeness (QED) is 0.609. The molecule has 2 heterocycles. The van der Waals surface area contributed by atoms with Crippen molar-refractivity contribution in [2.45, 2.75) is 38.3 Å². The molecule has 2 atom stereocenters. The molecule has 4 N–H and O–H groups in total. The first-order valence-corrected chi connectivity index (χ1v) is 9.25. The summed E-state index contributed by atoms with van der Waals surface area (Å²) in [6.45, 7) is 1.70. The van der Waals surface area contributed by atoms with Crippen molar-refractivity contribution < 1.29 is 14.3 Å². The molecule has 1 saturated carbocycles. The summed E-state index contributed by atoms with van der Waals surface area (Å²) in [4.78, 5) is 32.7. The van der Waals surface area contributed by atoms with Crippen LogP contribution in [0.2, 0.25) is 0 Å². The molecule has 29 heavy (non-hydrogen) atoms. The Kier molecular flexibility index (Phi) is 4.58. The zero-order valence-corrected chi connectivity index (χ0v) is 16.0. The highest BCUT2D eigenvalue weighted by Crippen LogP contribution is 2.31. The van der Waals surface area contributed by atoms with Gasteiger partial charge in [-0.15, -0.1) is 0 Å². The lowest BCUT2D eigenvalue weighted by Gasteiger charge is -2.12. The van der Waals surface area contributed by atoms with Crippen LogP contribution in [-0.4, -0.2) is 36.2 Å². The Morgan fingerprint density at radius 1 is 1.38 bits per heavy atom. The van der Waals surface area contributed by atoms with E-state index < -0.39 is 17.8 Å². The number of halogens is 1. The van der Waals surface area contributed by atoms with Crippen molar-refractivity contribution in [1.29, 1.82) is 0 Å². The highest BCUT2D eigenvalue weighted by atomic mass is 19.1. The number of primary amides is 1. The van der Waals surface area contributed by atoms with Gasteiger partial charge in [-0.05, 0) is 43.9 Å². The highest BCUT2D eigenvalue weighted by molar-refractivity contribution is 5.94. The van der Waals surface area contributed by atoms with Crippen LogP contribution in [0.5, 0.6) is 0 Å². The molecule has 0 spiro atoms. The fraction of sp³-hybridized carbons (Fsp3) is 0.368. The number of hydrogen-bond acceptors (Lipinski definition) is 6. The van der Waals surface area contributed by atoms with Gasteiger partial charge in [-0.2, -0.15) is 4.98 Å². The van der Waals surface area contributed by atoms with Gasteiger partial charge in [0.1, 0.15) is 11.3 Å². The van der Waals surface area contributed by atoms with E-state index in [0.717, 1.165) is 6.07 Å². The van der Waals surface area contributed by atoms with Gasteiger partial charge in [0.25, 0.3) is 5.91 Å². The molecule has 2 unspecified atom stereocenters. The number of amides is 1. The fourth-order valence-corrected chi connectivity index (χ4v) is 3.82. The molecule has 4 rings (SSSR count). The second-order valence-corrected chi connectivity index (χ2v) is 7.37. The highest BCUT2D eigenvalue weighted by Gasteiger charge is 2.28. The third-order valence-electron chi connectivity index (χ3n) is 5.40. The van der Waals surface area contributed by atoms with Crippen LogP contribution in [0.1, 0.15) is 41.2 Å². The van der Waals surface area contributed by atoms with Crippen molar-refractivity contribution in [2.75, 3.05) is 5.32 Å². The average molecular weight is 400 g/mol. The molecule has 152 valence electrons. The summed E-state index contributed by atoms with van der Waals surface area (Å²) in [5, 5.41) is 12.8. The predicted octanol–water partition coefficient (Wildman–Crippen LogP) is 1.51. The van der Waals surface area contributed by atoms with Gasteiger partial charge in [-0.1, -0.05) is 0 Å². The molecule has 9 nitrogen and oxygen atoms in total. The van der Waals surface area contributed by atoms with Crippen molar-refractivity contribution >= 4 is 28.7 Å². The number of hydrogen-bond donors (Lipinski definition) is 3. The number of benzene rings is 1. The van der Waals surface area contributed by atoms with Crippen LogP contribution in [0.3, 0.4) is 0 Å². The number of aliphatic hydroxyl groups is 1. The molecule has 2 aromatic heterocycles. The van der Waals surface area contributed by atoms with Crippen molar-refractivity contribution in [3.8, 4) is 0 Å². The SMILES string of the molecule is Cc1cc(C(N)=O)c(F)cc1Nc1ncc2c(n1)n(C1CCC(O)C1)c(=O)n2C. The molecular weight excluding hydrogens is 379 g/mol. The van der Waals surface area contributed by atoms with Crippen LogP contribution in [0.25, 0.3) is 11.2 Å². The zero-order valence-electron chi connectivity index (χ0n) is 16.0. The molecule has 3 aromatic rings. The molecule has 0 saturated heterocycles. The first kappa shape index (κ1) is 19.1. The number of imidazole rings is 1. The minimum atomic E-state index is -0.845. The summed E-state index contributed by atoms with van der Waals surface area (Å²) in [5.41, 5.74) is 6.74. The number of nitrogens with two attached hydrogens (primary N) is 1. The van der Waals surface area contributed by atoms with E-state index >= 15 is 0 Å². The molecule has 1 aliphatic carbocycles. The maximum absolute atomic E-state index is 14.1. The normalized spacial score (nSPS) is 19.0. The van der Waals surface area contributed by atoms with Crippen LogP contribution in [0, 0.1) is 12.7 Å². The fourth-order valence-electron chi connectivity index (χ4n) is 3.82. The number of carbonyl (C=O) groups excluding carboxylic acids is 1. The molecule has 0 aliphatic heterocycles. The van der Waals surface area contributed by atoms with Gasteiger partial charge in [-0.25, -0.2) is 14.2 Å². The zero-order chi connectivity index (χ0) is 20.9. The first-order valence-electron chi connectivity index (χ1n) is 9.25. The molecule has 10 heteroatoms. The standard InChI is InChI=1S/C19H21FN6O3/c1-9-5-12(16(21)28)13(20)7-14(9)23-18-22-8-15-17(24-18)26(19(29)25(15)2)10-3-4-11(27)6-10/h5,7-8,10-11,27H,3-4,6H2,1-2H3,(H2,21,28)(H,22,23,24). The lowest BCUT2D eigenvalue weighted by Crippen LogP contribution is -2.25. The van der Waals surface area contributed by atoms with Crippen LogP contribution in [0.4, 0.5) is 16.0 Å². The Morgan fingerprint density at radius 3 is 2.79 bits per heavy atom. The maximum Gasteiger partial charge on any atom is 0.330 e. The number of anilines is 2. The number of fused-ring (bicyclic) bond motifs is 1. The van der Waals surface area contributed by atoms with Gasteiger partial charge in [0.15, 0.2) is 5.65 Å². The second-order valence-electron chi connectivity index (χ2n) is 7.37. The summed E-state index contributed by atoms with van der Waals surface area (Å²) in [6, 6.07) is 2.38. The molecule has 0 radical (unpaired) electrons. The van der Waals surface area contributed by atoms with E-state index in [4.69, 9.17) is 5.73 Å². The molecule has 1 fully saturated rings. The van der Waals surface area contributed by atoms with Gasteiger partial charge < -0.3 is 16.2 Å². The lowest BCUT2D eigenvalue weighted by atomic mass is 10.1. The van der Waals surface area contributed by atoms with E-state index in [2.05, 4.69) is 15.3 Å². The summed E-state index contributed by atoms with van der Waals surface area (Å²) >= 11 is 0. The topological polar surface area (TPSA) is 128 Å². The predicted molar refractivity (Wildman–Crippen MR) is 105 cm³/mol. The smallest absolute Gasteiger partial charge is 0.330 e. The number of carbonyl (C=O) groups is 1. The maximum atomic E-state index is 14.1. The van der Waals surface area contributed by atoms with Gasteiger partial charge in [-0.3, -0.25) is 13.9 Å². The minimum Gasteiger partial charge on any atom is -0.393 e. The Balaban J connectivity index is 1.76. The van der Waals surface area contributed by atoms with Crippen LogP contribution < -0.4 is 16.7 Å². The Hall–Kier alpha value is -3.27. The summed E-state index contributed by atoms with van der Waals surface area (Å²) < 4.78 is 17.2. The molecule has 1 amide bonds. The number of nitrogens with zero attached hydrogens (tertiary/aromatic N) is 4. The Labute approximate surface area is 165 Å². The number of aryl methyl sites for hydroxylation is 2. The second kappa shape index (κ2) is 6.96. The van der Waals surface area contributed by atoms with Crippen LogP contribution >= 0.6 is 0 Å². The molecule has 1 aromatic carbocycles. The lowest BCUT2D eigenvalue weighted by molar-refractivity contribution is 0.0996. The number of aliphatic hydroxyl groups excluding tert-OH is 1. The van der Waals surface area contributed by atoms with E-state index in [0.29, 0.717) is 41.7 Å². The van der Waals surface area contributed by atoms with Gasteiger partial charge in [0.05, 0.1) is 17.9 Å². The van der Waals surface area contributed by atoms with E-state index in [1.54, 1.807) is 18.5 Å². The van der Waals surface area contributed by atoms with Crippen molar-refractivity contribution in [3.05, 3.63) is 45.8 Å². The van der Waals surface area contributed by atoms with E-state index in [1.807, 2.05) is 0 Å². The van der Waals surface area contributed by atoms with Crippen molar-refractivity contribution in [1.82, 2.24) is 19.1 Å². The Bertz CT molecular complexity index is 1180. The van der Waals surface area contributed by atoms with Crippen LogP contribution in [0.15, 0.2) is 23.1 Å². The van der Waals surface area contributed by atoms with E-state index in [1.165, 1.54) is 16.8 Å². The largest absolute Gasteiger partial charge is 0.393 e. The van der Waals surface area contributed by atoms with Crippen molar-refractivity contribution in [3.63, 3.8) is 0 Å². The van der Waals surface area contributed by atoms with E-state index in [9.17, 15) is 19.1 Å². The monoisotopic (exact) mass is 400 g/mol. The van der Waals surface area contributed by atoms with Crippen molar-refractivity contribution in [2.24, 2.45) is 12.8 Å². The molecule has 1 aliphatic rings. The molecular formula is C19H21FN6O3. The number of aromatic nitrogens is 4. The number of rotatable bonds is 4. The van der Waals surface area contributed by atoms with Gasteiger partial charge in [0, 0.05) is 18.8 Å². The van der Waals surface area contributed by atoms with Crippen LogP contribution in [-0.2, 0) is 7.05 Å². The van der Waals surface area contributed by atoms with Gasteiger partial charge >= 0.3 is 5.69 Å². The third kappa shape index (κ3) is 3.25. The van der Waals surface area contributed by atoms with Gasteiger partial charge in [0.2, 0.25) is 5.95 Å².